The van der Waals surface area contributed by atoms with Crippen LogP contribution in [0.1, 0.15) is 23.9 Å². The average Bonchev–Trinajstić information content (AvgIpc) is 3.46. The van der Waals surface area contributed by atoms with E-state index in [9.17, 15) is 4.79 Å². The van der Waals surface area contributed by atoms with Crippen LogP contribution in [0.25, 0.3) is 11.4 Å². The molecule has 0 saturated carbocycles. The van der Waals surface area contributed by atoms with Crippen molar-refractivity contribution in [3.8, 4) is 11.4 Å². The zero-order valence-corrected chi connectivity index (χ0v) is 21.8. The molecule has 1 fully saturated rings. The highest BCUT2D eigenvalue weighted by atomic mass is 16.5. The van der Waals surface area contributed by atoms with Gasteiger partial charge in [0.25, 0.3) is 0 Å². The van der Waals surface area contributed by atoms with Crippen LogP contribution in [-0.2, 0) is 17.7 Å². The second-order valence-electron chi connectivity index (χ2n) is 9.64. The van der Waals surface area contributed by atoms with Gasteiger partial charge in [0.2, 0.25) is 0 Å². The Bertz CT molecular complexity index is 1460. The monoisotopic (exact) mass is 527 g/mol. The SMILES string of the molecule is Cc1cc(N2CCc3c(nc(-c4ccc(NC(=O)Nc5ccon5)cc4)nc3N3CCOC[C@@H]3C)C2)ncn1. The van der Waals surface area contributed by atoms with Gasteiger partial charge in [-0.05, 0) is 44.5 Å². The summed E-state index contributed by atoms with van der Waals surface area (Å²) in [4.78, 5) is 35.7. The largest absolute Gasteiger partial charge is 0.377 e. The van der Waals surface area contributed by atoms with Crippen LogP contribution in [0.2, 0.25) is 0 Å². The van der Waals surface area contributed by atoms with E-state index in [-0.39, 0.29) is 6.04 Å². The number of hydrogen-bond acceptors (Lipinski definition) is 10. The highest BCUT2D eigenvalue weighted by Gasteiger charge is 2.29. The van der Waals surface area contributed by atoms with Crippen molar-refractivity contribution in [1.29, 1.82) is 0 Å². The minimum absolute atomic E-state index is 0.211. The highest BCUT2D eigenvalue weighted by molar-refractivity contribution is 5.99. The zero-order valence-electron chi connectivity index (χ0n) is 21.8. The molecule has 0 unspecified atom stereocenters. The van der Waals surface area contributed by atoms with Crippen molar-refractivity contribution >= 4 is 29.2 Å². The van der Waals surface area contributed by atoms with Gasteiger partial charge in [0.1, 0.15) is 24.2 Å². The first-order valence-electron chi connectivity index (χ1n) is 12.9. The van der Waals surface area contributed by atoms with Crippen molar-refractivity contribution in [1.82, 2.24) is 25.1 Å². The molecular formula is C27H29N9O3. The standard InChI is InChI=1S/C27H29N9O3/c1-17-13-24(29-16-28-17)35-9-7-21-22(14-35)31-25(33-26(21)36-10-12-38-15-18(36)2)19-3-5-20(6-4-19)30-27(37)32-23-8-11-39-34-23/h3-6,8,11,13,16,18H,7,9-10,12,14-15H2,1-2H3,(H2,30,32,34,37)/t18-/m0/s1. The Morgan fingerprint density at radius 3 is 2.72 bits per heavy atom. The smallest absolute Gasteiger partial charge is 0.324 e. The molecule has 200 valence electrons. The van der Waals surface area contributed by atoms with Gasteiger partial charge in [-0.25, -0.2) is 24.7 Å². The third-order valence-electron chi connectivity index (χ3n) is 6.88. The molecule has 3 aromatic heterocycles. The Labute approximate surface area is 225 Å². The Balaban J connectivity index is 1.30. The normalized spacial score (nSPS) is 17.0. The number of fused-ring (bicyclic) bond motifs is 1. The number of aryl methyl sites for hydroxylation is 1. The van der Waals surface area contributed by atoms with Crippen LogP contribution in [0.5, 0.6) is 0 Å². The van der Waals surface area contributed by atoms with Crippen LogP contribution in [0.15, 0.2) is 53.5 Å². The number of anilines is 4. The molecule has 0 spiro atoms. The van der Waals surface area contributed by atoms with Crippen LogP contribution in [0.3, 0.4) is 0 Å². The first-order chi connectivity index (χ1) is 19.0. The van der Waals surface area contributed by atoms with Crippen molar-refractivity contribution in [2.24, 2.45) is 0 Å². The molecule has 39 heavy (non-hydrogen) atoms. The number of nitrogens with one attached hydrogen (secondary N) is 2. The quantitative estimate of drug-likeness (QED) is 0.396. The number of hydrogen-bond donors (Lipinski definition) is 2. The molecule has 1 saturated heterocycles. The fraction of sp³-hybridized carbons (Fsp3) is 0.333. The number of urea groups is 1. The molecule has 12 heteroatoms. The summed E-state index contributed by atoms with van der Waals surface area (Å²) >= 11 is 0. The lowest BCUT2D eigenvalue weighted by atomic mass is 10.0. The molecule has 0 aliphatic carbocycles. The molecule has 6 rings (SSSR count). The number of aromatic nitrogens is 5. The summed E-state index contributed by atoms with van der Waals surface area (Å²) in [5.74, 6) is 2.84. The second kappa shape index (κ2) is 10.7. The van der Waals surface area contributed by atoms with Crippen LogP contribution >= 0.6 is 0 Å². The predicted octanol–water partition coefficient (Wildman–Crippen LogP) is 3.66. The van der Waals surface area contributed by atoms with Gasteiger partial charge in [0, 0.05) is 47.7 Å². The topological polar surface area (TPSA) is 134 Å². The summed E-state index contributed by atoms with van der Waals surface area (Å²) in [6, 6.07) is 10.8. The van der Waals surface area contributed by atoms with E-state index >= 15 is 0 Å². The maximum absolute atomic E-state index is 12.3. The average molecular weight is 528 g/mol. The molecule has 0 bridgehead atoms. The number of amides is 2. The number of carbonyl (C=O) groups is 1. The van der Waals surface area contributed by atoms with Gasteiger partial charge in [-0.15, -0.1) is 0 Å². The number of rotatable bonds is 5. The van der Waals surface area contributed by atoms with E-state index in [2.05, 4.69) is 42.5 Å². The van der Waals surface area contributed by atoms with Gasteiger partial charge >= 0.3 is 6.03 Å². The predicted molar refractivity (Wildman–Crippen MR) is 146 cm³/mol. The molecule has 12 nitrogen and oxygen atoms in total. The molecule has 1 aromatic carbocycles. The molecule has 4 aromatic rings. The molecule has 2 N–H and O–H groups in total. The number of benzene rings is 1. The first-order valence-corrected chi connectivity index (χ1v) is 12.9. The maximum atomic E-state index is 12.3. The lowest BCUT2D eigenvalue weighted by Crippen LogP contribution is -2.45. The van der Waals surface area contributed by atoms with E-state index in [0.29, 0.717) is 37.1 Å². The van der Waals surface area contributed by atoms with Crippen LogP contribution < -0.4 is 20.4 Å². The third-order valence-corrected chi connectivity index (χ3v) is 6.88. The van der Waals surface area contributed by atoms with Crippen molar-refractivity contribution in [3.63, 3.8) is 0 Å². The van der Waals surface area contributed by atoms with E-state index in [1.54, 1.807) is 12.4 Å². The van der Waals surface area contributed by atoms with Gasteiger partial charge in [-0.2, -0.15) is 0 Å². The van der Waals surface area contributed by atoms with E-state index in [0.717, 1.165) is 48.1 Å². The molecule has 2 amide bonds. The number of morpholine rings is 1. The van der Waals surface area contributed by atoms with Gasteiger partial charge < -0.3 is 24.4 Å². The summed E-state index contributed by atoms with van der Waals surface area (Å²) in [6.45, 7) is 7.71. The number of ether oxygens (including phenoxy) is 1. The van der Waals surface area contributed by atoms with Gasteiger partial charge in [-0.1, -0.05) is 5.16 Å². The van der Waals surface area contributed by atoms with E-state index in [4.69, 9.17) is 19.2 Å². The summed E-state index contributed by atoms with van der Waals surface area (Å²) in [5, 5.41) is 9.09. The van der Waals surface area contributed by atoms with Crippen LogP contribution in [-0.4, -0.2) is 63.5 Å². The fourth-order valence-electron chi connectivity index (χ4n) is 4.89. The van der Waals surface area contributed by atoms with Crippen molar-refractivity contribution in [2.45, 2.75) is 32.9 Å². The van der Waals surface area contributed by atoms with Crippen LogP contribution in [0.4, 0.5) is 27.9 Å². The second-order valence-corrected chi connectivity index (χ2v) is 9.64. The van der Waals surface area contributed by atoms with Crippen molar-refractivity contribution < 1.29 is 14.1 Å². The fourth-order valence-corrected chi connectivity index (χ4v) is 4.89. The van der Waals surface area contributed by atoms with Crippen LogP contribution in [0, 0.1) is 6.92 Å². The minimum atomic E-state index is -0.412. The lowest BCUT2D eigenvalue weighted by Gasteiger charge is -2.38. The maximum Gasteiger partial charge on any atom is 0.324 e. The van der Waals surface area contributed by atoms with Crippen molar-refractivity contribution in [2.75, 3.05) is 46.7 Å². The van der Waals surface area contributed by atoms with Gasteiger partial charge in [0.05, 0.1) is 31.5 Å². The molecule has 1 atom stereocenters. The molecule has 2 aliphatic heterocycles. The minimum Gasteiger partial charge on any atom is -0.377 e. The van der Waals surface area contributed by atoms with Gasteiger partial charge in [-0.3, -0.25) is 5.32 Å². The highest BCUT2D eigenvalue weighted by Crippen LogP contribution is 2.33. The van der Waals surface area contributed by atoms with E-state index in [1.807, 2.05) is 37.3 Å². The molecule has 0 radical (unpaired) electrons. The van der Waals surface area contributed by atoms with E-state index < -0.39 is 6.03 Å². The van der Waals surface area contributed by atoms with E-state index in [1.165, 1.54) is 11.8 Å². The number of nitrogens with zero attached hydrogens (tertiary/aromatic N) is 7. The van der Waals surface area contributed by atoms with Gasteiger partial charge in [0.15, 0.2) is 11.6 Å². The lowest BCUT2D eigenvalue weighted by molar-refractivity contribution is 0.0984. The zero-order chi connectivity index (χ0) is 26.8. The first kappa shape index (κ1) is 24.7. The summed E-state index contributed by atoms with van der Waals surface area (Å²) in [5.41, 5.74) is 4.59. The third kappa shape index (κ3) is 5.36. The molecule has 5 heterocycles. The molecule has 2 aliphatic rings. The Kier molecular flexibility index (Phi) is 6.76. The Morgan fingerprint density at radius 1 is 1.08 bits per heavy atom. The summed E-state index contributed by atoms with van der Waals surface area (Å²) in [6.07, 6.45) is 3.82. The number of carbonyl (C=O) groups excluding carboxylic acids is 1. The van der Waals surface area contributed by atoms with Crippen molar-refractivity contribution in [3.05, 3.63) is 65.9 Å². The Morgan fingerprint density at radius 2 is 1.95 bits per heavy atom. The summed E-state index contributed by atoms with van der Waals surface area (Å²) in [7, 11) is 0. The molecular weight excluding hydrogens is 498 g/mol. The Hall–Kier alpha value is -4.58. The summed E-state index contributed by atoms with van der Waals surface area (Å²) < 4.78 is 10.4.